The molecule has 0 radical (unpaired) electrons. The number of para-hydroxylation sites is 1. The molecule has 3 aromatic rings. The lowest BCUT2D eigenvalue weighted by molar-refractivity contribution is 0.211. The van der Waals surface area contributed by atoms with Crippen LogP contribution in [-0.4, -0.2) is 42.1 Å². The zero-order valence-electron chi connectivity index (χ0n) is 17.8. The first-order valence-corrected chi connectivity index (χ1v) is 10.8. The minimum atomic E-state index is -0.166. The fourth-order valence-corrected chi connectivity index (χ4v) is 4.42. The maximum absolute atomic E-state index is 12.4. The summed E-state index contributed by atoms with van der Waals surface area (Å²) in [5.74, 6) is 0.655. The van der Waals surface area contributed by atoms with Gasteiger partial charge in [-0.1, -0.05) is 42.5 Å². The summed E-state index contributed by atoms with van der Waals surface area (Å²) in [4.78, 5) is 19.4. The molecule has 2 N–H and O–H groups in total. The third-order valence-corrected chi connectivity index (χ3v) is 6.02. The number of aryl methyl sites for hydroxylation is 2. The predicted octanol–water partition coefficient (Wildman–Crippen LogP) is 4.85. The predicted molar refractivity (Wildman–Crippen MR) is 123 cm³/mol. The number of piperidine rings is 1. The van der Waals surface area contributed by atoms with Crippen LogP contribution in [0, 0.1) is 13.8 Å². The monoisotopic (exact) mass is 402 g/mol. The normalized spacial score (nSPS) is 15.3. The second kappa shape index (κ2) is 9.26. The summed E-state index contributed by atoms with van der Waals surface area (Å²) in [5.41, 5.74) is 5.47. The second-order valence-electron chi connectivity index (χ2n) is 8.18. The molecule has 2 aromatic carbocycles. The lowest BCUT2D eigenvalue weighted by atomic mass is 9.87. The second-order valence-corrected chi connectivity index (χ2v) is 8.18. The van der Waals surface area contributed by atoms with Crippen molar-refractivity contribution in [1.29, 1.82) is 0 Å². The van der Waals surface area contributed by atoms with Gasteiger partial charge in [0.05, 0.1) is 11.2 Å². The number of rotatable bonds is 5. The van der Waals surface area contributed by atoms with Crippen LogP contribution in [0.1, 0.15) is 35.6 Å². The van der Waals surface area contributed by atoms with Crippen LogP contribution in [0.2, 0.25) is 0 Å². The van der Waals surface area contributed by atoms with E-state index in [1.165, 1.54) is 24.0 Å². The van der Waals surface area contributed by atoms with Gasteiger partial charge in [0.1, 0.15) is 0 Å². The Balaban J connectivity index is 1.25. The van der Waals surface area contributed by atoms with Crippen molar-refractivity contribution >= 4 is 22.6 Å². The maximum atomic E-state index is 12.4. The highest BCUT2D eigenvalue weighted by atomic mass is 16.2. The smallest absolute Gasteiger partial charge is 0.319 e. The number of fused-ring (bicyclic) bond motifs is 1. The molecular formula is C25H30N4O. The number of anilines is 1. The topological polar surface area (TPSA) is 57.3 Å². The first-order valence-electron chi connectivity index (χ1n) is 10.8. The highest BCUT2D eigenvalue weighted by Crippen LogP contribution is 2.29. The van der Waals surface area contributed by atoms with Crippen molar-refractivity contribution in [3.05, 3.63) is 71.4 Å². The third-order valence-electron chi connectivity index (χ3n) is 6.02. The van der Waals surface area contributed by atoms with Crippen molar-refractivity contribution in [3.8, 4) is 0 Å². The van der Waals surface area contributed by atoms with Gasteiger partial charge in [0.15, 0.2) is 0 Å². The van der Waals surface area contributed by atoms with Gasteiger partial charge >= 0.3 is 6.03 Å². The molecule has 5 heteroatoms. The Hall–Kier alpha value is -2.92. The van der Waals surface area contributed by atoms with Gasteiger partial charge in [-0.05, 0) is 69.0 Å². The molecule has 0 aliphatic carbocycles. The summed E-state index contributed by atoms with van der Waals surface area (Å²) in [6.45, 7) is 7.83. The molecule has 5 nitrogen and oxygen atoms in total. The maximum Gasteiger partial charge on any atom is 0.319 e. The number of benzene rings is 2. The van der Waals surface area contributed by atoms with E-state index in [-0.39, 0.29) is 6.03 Å². The van der Waals surface area contributed by atoms with Gasteiger partial charge in [0, 0.05) is 24.2 Å². The molecule has 0 saturated carbocycles. The first-order chi connectivity index (χ1) is 14.6. The SMILES string of the molecule is Cc1cc(NC(=O)NCCN2CCC(c3ccccc3C)CC2)c2ccccc2n1. The quantitative estimate of drug-likeness (QED) is 0.641. The number of urea groups is 1. The van der Waals surface area contributed by atoms with E-state index < -0.39 is 0 Å². The van der Waals surface area contributed by atoms with Gasteiger partial charge in [0.2, 0.25) is 0 Å². The molecule has 1 aromatic heterocycles. The molecule has 4 rings (SSSR count). The van der Waals surface area contributed by atoms with E-state index >= 15 is 0 Å². The lowest BCUT2D eigenvalue weighted by Gasteiger charge is -2.32. The van der Waals surface area contributed by atoms with Gasteiger partial charge in [-0.15, -0.1) is 0 Å². The average molecular weight is 403 g/mol. The summed E-state index contributed by atoms with van der Waals surface area (Å²) >= 11 is 0. The molecule has 0 unspecified atom stereocenters. The molecule has 1 aliphatic rings. The van der Waals surface area contributed by atoms with Crippen molar-refractivity contribution in [2.75, 3.05) is 31.5 Å². The minimum Gasteiger partial charge on any atom is -0.337 e. The summed E-state index contributed by atoms with van der Waals surface area (Å²) < 4.78 is 0. The highest BCUT2D eigenvalue weighted by Gasteiger charge is 2.21. The van der Waals surface area contributed by atoms with Crippen molar-refractivity contribution in [1.82, 2.24) is 15.2 Å². The van der Waals surface area contributed by atoms with Gasteiger partial charge < -0.3 is 15.5 Å². The largest absolute Gasteiger partial charge is 0.337 e. The van der Waals surface area contributed by atoms with Crippen LogP contribution in [0.4, 0.5) is 10.5 Å². The van der Waals surface area contributed by atoms with Gasteiger partial charge in [0.25, 0.3) is 0 Å². The molecule has 0 bridgehead atoms. The molecule has 2 heterocycles. The zero-order valence-corrected chi connectivity index (χ0v) is 17.8. The lowest BCUT2D eigenvalue weighted by Crippen LogP contribution is -2.40. The van der Waals surface area contributed by atoms with E-state index in [2.05, 4.69) is 51.7 Å². The molecule has 1 fully saturated rings. The van der Waals surface area contributed by atoms with Crippen molar-refractivity contribution in [2.45, 2.75) is 32.6 Å². The van der Waals surface area contributed by atoms with E-state index in [9.17, 15) is 4.79 Å². The van der Waals surface area contributed by atoms with Crippen LogP contribution < -0.4 is 10.6 Å². The Bertz CT molecular complexity index is 1020. The van der Waals surface area contributed by atoms with E-state index in [1.54, 1.807) is 0 Å². The van der Waals surface area contributed by atoms with Crippen LogP contribution in [0.15, 0.2) is 54.6 Å². The summed E-state index contributed by atoms with van der Waals surface area (Å²) in [7, 11) is 0. The molecular weight excluding hydrogens is 372 g/mol. The molecule has 156 valence electrons. The van der Waals surface area contributed by atoms with E-state index in [4.69, 9.17) is 0 Å². The average Bonchev–Trinajstić information content (AvgIpc) is 2.74. The summed E-state index contributed by atoms with van der Waals surface area (Å²) in [6, 6.07) is 18.3. The molecule has 1 aliphatic heterocycles. The first kappa shape index (κ1) is 20.4. The Morgan fingerprint density at radius 3 is 2.60 bits per heavy atom. The number of carbonyl (C=O) groups is 1. The third kappa shape index (κ3) is 4.79. The summed E-state index contributed by atoms with van der Waals surface area (Å²) in [6.07, 6.45) is 2.36. The van der Waals surface area contributed by atoms with Crippen LogP contribution in [0.3, 0.4) is 0 Å². The van der Waals surface area contributed by atoms with E-state index in [0.29, 0.717) is 12.5 Å². The zero-order chi connectivity index (χ0) is 20.9. The Morgan fingerprint density at radius 1 is 1.07 bits per heavy atom. The summed E-state index contributed by atoms with van der Waals surface area (Å²) in [5, 5.41) is 6.95. The fourth-order valence-electron chi connectivity index (χ4n) is 4.42. The molecule has 1 saturated heterocycles. The number of carbonyl (C=O) groups excluding carboxylic acids is 1. The fraction of sp³-hybridized carbons (Fsp3) is 0.360. The van der Waals surface area contributed by atoms with Crippen molar-refractivity contribution in [2.24, 2.45) is 0 Å². The van der Waals surface area contributed by atoms with E-state index in [1.807, 2.05) is 37.3 Å². The van der Waals surface area contributed by atoms with Crippen molar-refractivity contribution < 1.29 is 4.79 Å². The Morgan fingerprint density at radius 2 is 1.80 bits per heavy atom. The number of likely N-dealkylation sites (tertiary alicyclic amines) is 1. The number of amides is 2. The van der Waals surface area contributed by atoms with E-state index in [0.717, 1.165) is 41.9 Å². The minimum absolute atomic E-state index is 0.166. The highest BCUT2D eigenvalue weighted by molar-refractivity contribution is 6.00. The Kier molecular flexibility index (Phi) is 6.29. The number of hydrogen-bond donors (Lipinski definition) is 2. The molecule has 2 amide bonds. The number of pyridine rings is 1. The number of aromatic nitrogens is 1. The number of nitrogens with zero attached hydrogens (tertiary/aromatic N) is 2. The Labute approximate surface area is 178 Å². The van der Waals surface area contributed by atoms with Crippen LogP contribution in [0.25, 0.3) is 10.9 Å². The molecule has 30 heavy (non-hydrogen) atoms. The van der Waals surface area contributed by atoms with Crippen LogP contribution in [-0.2, 0) is 0 Å². The molecule has 0 spiro atoms. The van der Waals surface area contributed by atoms with Crippen LogP contribution >= 0.6 is 0 Å². The van der Waals surface area contributed by atoms with Gasteiger partial charge in [-0.2, -0.15) is 0 Å². The van der Waals surface area contributed by atoms with Gasteiger partial charge in [-0.3, -0.25) is 4.98 Å². The standard InChI is InChI=1S/C25H30N4O/c1-18-7-3-4-8-21(18)20-11-14-29(15-12-20)16-13-26-25(30)28-24-17-19(2)27-23-10-6-5-9-22(23)24/h3-10,17,20H,11-16H2,1-2H3,(H2,26,27,28,30). The van der Waals surface area contributed by atoms with Crippen LogP contribution in [0.5, 0.6) is 0 Å². The number of nitrogens with one attached hydrogen (secondary N) is 2. The van der Waals surface area contributed by atoms with Crippen molar-refractivity contribution in [3.63, 3.8) is 0 Å². The molecule has 0 atom stereocenters. The van der Waals surface area contributed by atoms with Gasteiger partial charge in [-0.25, -0.2) is 4.79 Å². The number of hydrogen-bond acceptors (Lipinski definition) is 3.